The van der Waals surface area contributed by atoms with Crippen LogP contribution in [0.5, 0.6) is 0 Å². The first-order chi connectivity index (χ1) is 12.1. The van der Waals surface area contributed by atoms with Crippen molar-refractivity contribution < 1.29 is 9.53 Å². The van der Waals surface area contributed by atoms with E-state index in [4.69, 9.17) is 4.74 Å². The van der Waals surface area contributed by atoms with E-state index in [-0.39, 0.29) is 18.1 Å². The normalized spacial score (nSPS) is 34.3. The molecule has 5 heteroatoms. The van der Waals surface area contributed by atoms with Crippen LogP contribution in [0.25, 0.3) is 0 Å². The molecule has 25 heavy (non-hydrogen) atoms. The maximum absolute atomic E-state index is 12.4. The van der Waals surface area contributed by atoms with Gasteiger partial charge in [-0.2, -0.15) is 0 Å². The second-order valence-electron chi connectivity index (χ2n) is 8.25. The highest BCUT2D eigenvalue weighted by molar-refractivity contribution is 5.90. The zero-order valence-electron chi connectivity index (χ0n) is 15.3. The van der Waals surface area contributed by atoms with Gasteiger partial charge in [-0.25, -0.2) is 4.98 Å². The van der Waals surface area contributed by atoms with Gasteiger partial charge >= 0.3 is 0 Å². The van der Waals surface area contributed by atoms with Crippen LogP contribution in [0.4, 0.5) is 11.5 Å². The van der Waals surface area contributed by atoms with Crippen molar-refractivity contribution in [2.75, 3.05) is 23.3 Å². The first-order valence-corrected chi connectivity index (χ1v) is 9.73. The summed E-state index contributed by atoms with van der Waals surface area (Å²) in [5.74, 6) is 3.37. The molecular weight excluding hydrogens is 314 g/mol. The Labute approximate surface area is 150 Å². The first kappa shape index (κ1) is 16.8. The van der Waals surface area contributed by atoms with Gasteiger partial charge in [-0.1, -0.05) is 6.42 Å². The van der Waals surface area contributed by atoms with Crippen molar-refractivity contribution in [1.29, 1.82) is 0 Å². The number of nitrogens with zero attached hydrogens (tertiary/aromatic N) is 2. The molecule has 2 aliphatic carbocycles. The number of nitrogens with one attached hydrogen (secondary N) is 1. The van der Waals surface area contributed by atoms with Crippen molar-refractivity contribution in [3.63, 3.8) is 0 Å². The van der Waals surface area contributed by atoms with Crippen LogP contribution < -0.4 is 10.2 Å². The molecule has 1 saturated heterocycles. The summed E-state index contributed by atoms with van der Waals surface area (Å²) in [7, 11) is 0. The standard InChI is InChI=1S/C20H29N3O2/c1-13-11-23(12-14(2)25-13)19-6-5-18(10-21-19)22-20(24)9-17-8-15-3-4-16(17)7-15/h5-6,10,13-17H,3-4,7-9,11-12H2,1-2H3,(H,22,24)/t13-,14+,15-,16-,17-/m0/s1. The molecule has 2 saturated carbocycles. The van der Waals surface area contributed by atoms with Crippen LogP contribution in [0.1, 0.15) is 46.0 Å². The van der Waals surface area contributed by atoms with Gasteiger partial charge in [-0.15, -0.1) is 0 Å². The summed E-state index contributed by atoms with van der Waals surface area (Å²) in [6.07, 6.45) is 8.19. The van der Waals surface area contributed by atoms with Crippen LogP contribution in [0.15, 0.2) is 18.3 Å². The second-order valence-corrected chi connectivity index (χ2v) is 8.25. The van der Waals surface area contributed by atoms with Crippen molar-refractivity contribution in [2.45, 2.75) is 58.2 Å². The van der Waals surface area contributed by atoms with E-state index in [1.165, 1.54) is 25.7 Å². The Balaban J connectivity index is 1.32. The summed E-state index contributed by atoms with van der Waals surface area (Å²) in [6.45, 7) is 5.89. The van der Waals surface area contributed by atoms with Gasteiger partial charge in [0, 0.05) is 19.5 Å². The molecule has 2 heterocycles. The molecule has 1 aromatic rings. The minimum Gasteiger partial charge on any atom is -0.372 e. The van der Waals surface area contributed by atoms with Crippen molar-refractivity contribution in [1.82, 2.24) is 4.98 Å². The number of aromatic nitrogens is 1. The largest absolute Gasteiger partial charge is 0.372 e. The maximum Gasteiger partial charge on any atom is 0.224 e. The Hall–Kier alpha value is -1.62. The zero-order chi connectivity index (χ0) is 17.4. The number of amides is 1. The second kappa shape index (κ2) is 6.94. The van der Waals surface area contributed by atoms with Gasteiger partial charge in [0.1, 0.15) is 5.82 Å². The smallest absolute Gasteiger partial charge is 0.224 e. The third kappa shape index (κ3) is 3.81. The number of hydrogen-bond acceptors (Lipinski definition) is 4. The van der Waals surface area contributed by atoms with Crippen molar-refractivity contribution in [3.05, 3.63) is 18.3 Å². The predicted molar refractivity (Wildman–Crippen MR) is 98.6 cm³/mol. The number of carbonyl (C=O) groups is 1. The van der Waals surface area contributed by atoms with Crippen molar-refractivity contribution in [2.24, 2.45) is 17.8 Å². The Morgan fingerprint density at radius 3 is 2.64 bits per heavy atom. The minimum absolute atomic E-state index is 0.140. The number of morpholine rings is 1. The lowest BCUT2D eigenvalue weighted by molar-refractivity contribution is -0.117. The molecule has 5 nitrogen and oxygen atoms in total. The fourth-order valence-corrected chi connectivity index (χ4v) is 5.09. The van der Waals surface area contributed by atoms with E-state index in [2.05, 4.69) is 29.0 Å². The molecule has 3 fully saturated rings. The SMILES string of the molecule is C[C@@H]1CN(c2ccc(NC(=O)C[C@@H]3C[C@H]4CC[C@H]3C4)cn2)C[C@H](C)O1. The molecule has 0 radical (unpaired) electrons. The highest BCUT2D eigenvalue weighted by atomic mass is 16.5. The molecule has 1 amide bonds. The molecular formula is C20H29N3O2. The monoisotopic (exact) mass is 343 g/mol. The quantitative estimate of drug-likeness (QED) is 0.910. The van der Waals surface area contributed by atoms with Gasteiger partial charge < -0.3 is 15.0 Å². The summed E-state index contributed by atoms with van der Waals surface area (Å²) in [5.41, 5.74) is 0.797. The highest BCUT2D eigenvalue weighted by Crippen LogP contribution is 2.49. The number of ether oxygens (including phenoxy) is 1. The molecule has 5 atom stereocenters. The molecule has 1 aliphatic heterocycles. The summed E-state index contributed by atoms with van der Waals surface area (Å²) in [4.78, 5) is 19.2. The number of pyridine rings is 1. The van der Waals surface area contributed by atoms with E-state index >= 15 is 0 Å². The number of rotatable bonds is 4. The number of hydrogen-bond donors (Lipinski definition) is 1. The molecule has 3 aliphatic rings. The molecule has 2 bridgehead atoms. The molecule has 136 valence electrons. The molecule has 0 spiro atoms. The molecule has 0 unspecified atom stereocenters. The van der Waals surface area contributed by atoms with E-state index in [0.29, 0.717) is 12.3 Å². The van der Waals surface area contributed by atoms with E-state index in [0.717, 1.165) is 36.4 Å². The van der Waals surface area contributed by atoms with Crippen LogP contribution in [-0.4, -0.2) is 36.2 Å². The Morgan fingerprint density at radius 2 is 2.04 bits per heavy atom. The van der Waals surface area contributed by atoms with Gasteiger partial charge in [-0.3, -0.25) is 4.79 Å². The third-order valence-corrected chi connectivity index (χ3v) is 6.11. The van der Waals surface area contributed by atoms with Crippen LogP contribution in [0.2, 0.25) is 0 Å². The van der Waals surface area contributed by atoms with Crippen LogP contribution in [0.3, 0.4) is 0 Å². The van der Waals surface area contributed by atoms with Crippen LogP contribution in [0, 0.1) is 17.8 Å². The molecule has 1 N–H and O–H groups in total. The summed E-state index contributed by atoms with van der Waals surface area (Å²) >= 11 is 0. The third-order valence-electron chi connectivity index (χ3n) is 6.11. The minimum atomic E-state index is 0.140. The predicted octanol–water partition coefficient (Wildman–Crippen LogP) is 3.46. The zero-order valence-corrected chi connectivity index (χ0v) is 15.3. The van der Waals surface area contributed by atoms with E-state index in [9.17, 15) is 4.79 Å². The fourth-order valence-electron chi connectivity index (χ4n) is 5.09. The molecule has 4 rings (SSSR count). The Morgan fingerprint density at radius 1 is 1.24 bits per heavy atom. The van der Waals surface area contributed by atoms with Gasteiger partial charge in [0.05, 0.1) is 24.1 Å². The lowest BCUT2D eigenvalue weighted by Crippen LogP contribution is -2.45. The van der Waals surface area contributed by atoms with Gasteiger partial charge in [0.25, 0.3) is 0 Å². The lowest BCUT2D eigenvalue weighted by Gasteiger charge is -2.36. The topological polar surface area (TPSA) is 54.5 Å². The number of fused-ring (bicyclic) bond motifs is 2. The Kier molecular flexibility index (Phi) is 4.67. The lowest BCUT2D eigenvalue weighted by atomic mass is 9.86. The summed E-state index contributed by atoms with van der Waals surface area (Å²) in [6, 6.07) is 3.96. The first-order valence-electron chi connectivity index (χ1n) is 9.73. The average Bonchev–Trinajstić information content (AvgIpc) is 3.17. The number of carbonyl (C=O) groups excluding carboxylic acids is 1. The maximum atomic E-state index is 12.4. The average molecular weight is 343 g/mol. The Bertz CT molecular complexity index is 608. The fraction of sp³-hybridized carbons (Fsp3) is 0.700. The van der Waals surface area contributed by atoms with E-state index in [1.807, 2.05) is 12.1 Å². The van der Waals surface area contributed by atoms with E-state index < -0.39 is 0 Å². The van der Waals surface area contributed by atoms with Crippen LogP contribution in [-0.2, 0) is 9.53 Å². The van der Waals surface area contributed by atoms with Crippen molar-refractivity contribution >= 4 is 17.4 Å². The van der Waals surface area contributed by atoms with E-state index in [1.54, 1.807) is 6.20 Å². The molecule has 1 aromatic heterocycles. The molecule has 0 aromatic carbocycles. The van der Waals surface area contributed by atoms with Crippen LogP contribution >= 0.6 is 0 Å². The van der Waals surface area contributed by atoms with Crippen molar-refractivity contribution in [3.8, 4) is 0 Å². The van der Waals surface area contributed by atoms with Gasteiger partial charge in [0.15, 0.2) is 0 Å². The van der Waals surface area contributed by atoms with Gasteiger partial charge in [0.2, 0.25) is 5.91 Å². The van der Waals surface area contributed by atoms with Gasteiger partial charge in [-0.05, 0) is 63.0 Å². The summed E-state index contributed by atoms with van der Waals surface area (Å²) < 4.78 is 5.77. The number of anilines is 2. The highest BCUT2D eigenvalue weighted by Gasteiger charge is 2.40. The summed E-state index contributed by atoms with van der Waals surface area (Å²) in [5, 5.41) is 3.03.